The smallest absolute Gasteiger partial charge is 0.175 e. The minimum absolute atomic E-state index is 0.361. The average Bonchev–Trinajstić information content (AvgIpc) is 2.47. The van der Waals surface area contributed by atoms with Gasteiger partial charge in [-0.05, 0) is 45.8 Å². The summed E-state index contributed by atoms with van der Waals surface area (Å²) in [5.74, 6) is 6.37. The van der Waals surface area contributed by atoms with Crippen molar-refractivity contribution in [3.05, 3.63) is 52.3 Å². The molecular formula is C14H14BrN3O2. The highest BCUT2D eigenvalue weighted by Gasteiger charge is 2.11. The fourth-order valence-electron chi connectivity index (χ4n) is 1.67. The number of hydrogen-bond donors (Lipinski definition) is 1. The summed E-state index contributed by atoms with van der Waals surface area (Å²) in [6.07, 6.45) is 3.27. The maximum Gasteiger partial charge on any atom is 0.175 e. The van der Waals surface area contributed by atoms with Crippen LogP contribution in [-0.2, 0) is 6.61 Å². The third-order valence-electron chi connectivity index (χ3n) is 2.57. The molecule has 0 unspecified atom stereocenters. The largest absolute Gasteiger partial charge is 0.493 e. The number of ether oxygens (including phenoxy) is 2. The van der Waals surface area contributed by atoms with Crippen LogP contribution >= 0.6 is 15.9 Å². The van der Waals surface area contributed by atoms with E-state index in [0.29, 0.717) is 18.1 Å². The second-order valence-electron chi connectivity index (χ2n) is 3.92. The van der Waals surface area contributed by atoms with Crippen LogP contribution in [0, 0.1) is 0 Å². The van der Waals surface area contributed by atoms with Gasteiger partial charge in [0.15, 0.2) is 11.5 Å². The van der Waals surface area contributed by atoms with Crippen LogP contribution in [0.4, 0.5) is 0 Å². The molecule has 0 radical (unpaired) electrons. The molecule has 1 heterocycles. The molecule has 0 atom stereocenters. The molecule has 0 aliphatic rings. The van der Waals surface area contributed by atoms with Crippen LogP contribution in [0.25, 0.3) is 0 Å². The number of methoxy groups -OCH3 is 1. The van der Waals surface area contributed by atoms with E-state index in [1.165, 1.54) is 6.21 Å². The van der Waals surface area contributed by atoms with Gasteiger partial charge < -0.3 is 15.3 Å². The third-order valence-corrected chi connectivity index (χ3v) is 3.15. The van der Waals surface area contributed by atoms with Crippen molar-refractivity contribution in [2.75, 3.05) is 7.11 Å². The van der Waals surface area contributed by atoms with Crippen molar-refractivity contribution in [2.45, 2.75) is 6.61 Å². The van der Waals surface area contributed by atoms with Gasteiger partial charge >= 0.3 is 0 Å². The van der Waals surface area contributed by atoms with Crippen molar-refractivity contribution in [1.29, 1.82) is 0 Å². The maximum atomic E-state index is 5.77. The number of hydrazone groups is 1. The van der Waals surface area contributed by atoms with Gasteiger partial charge in [-0.3, -0.25) is 4.98 Å². The molecule has 0 saturated carbocycles. The van der Waals surface area contributed by atoms with Crippen LogP contribution in [0.15, 0.2) is 46.1 Å². The third kappa shape index (κ3) is 3.48. The molecule has 5 nitrogen and oxygen atoms in total. The van der Waals surface area contributed by atoms with Gasteiger partial charge in [0.05, 0.1) is 23.5 Å². The first-order valence-electron chi connectivity index (χ1n) is 5.88. The number of pyridine rings is 1. The molecule has 2 rings (SSSR count). The second kappa shape index (κ2) is 6.91. The lowest BCUT2D eigenvalue weighted by atomic mass is 10.2. The Hall–Kier alpha value is -2.08. The minimum atomic E-state index is 0.361. The molecule has 0 amide bonds. The predicted octanol–water partition coefficient (Wildman–Crippen LogP) is 2.72. The van der Waals surface area contributed by atoms with Crippen LogP contribution in [0.5, 0.6) is 11.5 Å². The fourth-order valence-corrected chi connectivity index (χ4v) is 2.24. The van der Waals surface area contributed by atoms with E-state index in [9.17, 15) is 0 Å². The van der Waals surface area contributed by atoms with Gasteiger partial charge in [-0.1, -0.05) is 6.07 Å². The molecule has 0 aliphatic heterocycles. The number of aromatic nitrogens is 1. The Labute approximate surface area is 125 Å². The summed E-state index contributed by atoms with van der Waals surface area (Å²) in [7, 11) is 1.58. The Balaban J connectivity index is 2.22. The lowest BCUT2D eigenvalue weighted by Crippen LogP contribution is -2.01. The molecule has 0 saturated heterocycles. The van der Waals surface area contributed by atoms with Crippen molar-refractivity contribution in [1.82, 2.24) is 4.98 Å². The molecule has 0 spiro atoms. The summed E-state index contributed by atoms with van der Waals surface area (Å²) in [6.45, 7) is 0.361. The molecule has 0 bridgehead atoms. The normalized spacial score (nSPS) is 10.7. The quantitative estimate of drug-likeness (QED) is 0.518. The first-order valence-corrected chi connectivity index (χ1v) is 6.67. The highest BCUT2D eigenvalue weighted by atomic mass is 79.9. The Morgan fingerprint density at radius 2 is 2.25 bits per heavy atom. The van der Waals surface area contributed by atoms with Crippen molar-refractivity contribution < 1.29 is 9.47 Å². The van der Waals surface area contributed by atoms with E-state index in [-0.39, 0.29) is 0 Å². The fraction of sp³-hybridized carbons (Fsp3) is 0.143. The molecule has 2 N–H and O–H groups in total. The molecule has 1 aromatic carbocycles. The van der Waals surface area contributed by atoms with Gasteiger partial charge in [0, 0.05) is 6.20 Å². The molecule has 1 aromatic heterocycles. The summed E-state index contributed by atoms with van der Waals surface area (Å²) in [5, 5.41) is 3.49. The Kier molecular flexibility index (Phi) is 4.95. The zero-order valence-electron chi connectivity index (χ0n) is 10.9. The van der Waals surface area contributed by atoms with Gasteiger partial charge in [0.25, 0.3) is 0 Å². The van der Waals surface area contributed by atoms with E-state index in [1.807, 2.05) is 24.3 Å². The van der Waals surface area contributed by atoms with Gasteiger partial charge in [0.2, 0.25) is 0 Å². The maximum absolute atomic E-state index is 5.77. The summed E-state index contributed by atoms with van der Waals surface area (Å²) in [5.41, 5.74) is 1.66. The second-order valence-corrected chi connectivity index (χ2v) is 4.78. The topological polar surface area (TPSA) is 69.7 Å². The average molecular weight is 336 g/mol. The van der Waals surface area contributed by atoms with Crippen molar-refractivity contribution in [3.63, 3.8) is 0 Å². The summed E-state index contributed by atoms with van der Waals surface area (Å²) < 4.78 is 11.9. The minimum Gasteiger partial charge on any atom is -0.493 e. The number of nitrogens with zero attached hydrogens (tertiary/aromatic N) is 2. The van der Waals surface area contributed by atoms with Crippen LogP contribution in [-0.4, -0.2) is 18.3 Å². The summed E-state index contributed by atoms with van der Waals surface area (Å²) in [4.78, 5) is 4.21. The molecule has 20 heavy (non-hydrogen) atoms. The predicted molar refractivity (Wildman–Crippen MR) is 81.0 cm³/mol. The Morgan fingerprint density at radius 1 is 1.40 bits per heavy atom. The number of hydrogen-bond acceptors (Lipinski definition) is 5. The molecule has 104 valence electrons. The van der Waals surface area contributed by atoms with Gasteiger partial charge in [0.1, 0.15) is 6.61 Å². The zero-order chi connectivity index (χ0) is 14.4. The van der Waals surface area contributed by atoms with E-state index >= 15 is 0 Å². The van der Waals surface area contributed by atoms with Crippen molar-refractivity contribution in [3.8, 4) is 11.5 Å². The molecular weight excluding hydrogens is 322 g/mol. The Morgan fingerprint density at radius 3 is 2.90 bits per heavy atom. The lowest BCUT2D eigenvalue weighted by molar-refractivity contribution is 0.279. The van der Waals surface area contributed by atoms with E-state index < -0.39 is 0 Å². The standard InChI is InChI=1S/C14H14BrN3O2/c1-19-13-7-10(8-18-16)6-12(15)14(13)20-9-11-4-2-3-5-17-11/h2-8H,9,16H2,1H3. The lowest BCUT2D eigenvalue weighted by Gasteiger charge is -2.13. The number of benzene rings is 1. The van der Waals surface area contributed by atoms with Crippen molar-refractivity contribution >= 4 is 22.1 Å². The highest BCUT2D eigenvalue weighted by molar-refractivity contribution is 9.10. The Bertz CT molecular complexity index is 603. The van der Waals surface area contributed by atoms with Gasteiger partial charge in [-0.25, -0.2) is 0 Å². The van der Waals surface area contributed by atoms with E-state index in [2.05, 4.69) is 26.0 Å². The first-order chi connectivity index (χ1) is 9.74. The van der Waals surface area contributed by atoms with Crippen LogP contribution in [0.1, 0.15) is 11.3 Å². The van der Waals surface area contributed by atoms with E-state index in [4.69, 9.17) is 15.3 Å². The van der Waals surface area contributed by atoms with Crippen LogP contribution in [0.3, 0.4) is 0 Å². The SMILES string of the molecule is COc1cc(C=NN)cc(Br)c1OCc1ccccn1. The zero-order valence-corrected chi connectivity index (χ0v) is 12.5. The monoisotopic (exact) mass is 335 g/mol. The van der Waals surface area contributed by atoms with Crippen LogP contribution < -0.4 is 15.3 Å². The molecule has 0 fully saturated rings. The molecule has 6 heteroatoms. The molecule has 2 aromatic rings. The van der Waals surface area contributed by atoms with E-state index in [0.717, 1.165) is 15.7 Å². The molecule has 0 aliphatic carbocycles. The summed E-state index contributed by atoms with van der Waals surface area (Å²) in [6, 6.07) is 9.33. The summed E-state index contributed by atoms with van der Waals surface area (Å²) >= 11 is 3.45. The van der Waals surface area contributed by atoms with Gasteiger partial charge in [-0.15, -0.1) is 0 Å². The van der Waals surface area contributed by atoms with Gasteiger partial charge in [-0.2, -0.15) is 5.10 Å². The van der Waals surface area contributed by atoms with Crippen LogP contribution in [0.2, 0.25) is 0 Å². The first kappa shape index (κ1) is 14.3. The van der Waals surface area contributed by atoms with Crippen molar-refractivity contribution in [2.24, 2.45) is 10.9 Å². The van der Waals surface area contributed by atoms with E-state index in [1.54, 1.807) is 19.4 Å². The number of rotatable bonds is 5. The number of halogens is 1. The number of nitrogens with two attached hydrogens (primary N) is 1. The highest BCUT2D eigenvalue weighted by Crippen LogP contribution is 2.36.